The molecule has 0 unspecified atom stereocenters. The van der Waals surface area contributed by atoms with E-state index in [1.165, 1.54) is 5.56 Å². The van der Waals surface area contributed by atoms with Crippen molar-refractivity contribution >= 4 is 28.8 Å². The molecule has 2 aromatic carbocycles. The molecule has 2 rings (SSSR count). The van der Waals surface area contributed by atoms with E-state index in [0.29, 0.717) is 17.0 Å². The van der Waals surface area contributed by atoms with Crippen molar-refractivity contribution in [1.29, 1.82) is 0 Å². The SMILES string of the molecule is CC(C)c1cccc(NC(=O)c2cccc(C(N)=S)c2)c1. The van der Waals surface area contributed by atoms with Crippen molar-refractivity contribution in [3.8, 4) is 0 Å². The summed E-state index contributed by atoms with van der Waals surface area (Å²) in [5, 5.41) is 2.90. The summed E-state index contributed by atoms with van der Waals surface area (Å²) >= 11 is 4.93. The van der Waals surface area contributed by atoms with Gasteiger partial charge >= 0.3 is 0 Å². The Bertz CT molecular complexity index is 680. The Balaban J connectivity index is 2.20. The summed E-state index contributed by atoms with van der Waals surface area (Å²) in [7, 11) is 0. The van der Waals surface area contributed by atoms with Gasteiger partial charge in [-0.25, -0.2) is 0 Å². The highest BCUT2D eigenvalue weighted by atomic mass is 32.1. The lowest BCUT2D eigenvalue weighted by Gasteiger charge is -2.10. The second-order valence-electron chi connectivity index (χ2n) is 5.18. The van der Waals surface area contributed by atoms with Crippen LogP contribution in [0.25, 0.3) is 0 Å². The average molecular weight is 298 g/mol. The zero-order valence-electron chi connectivity index (χ0n) is 12.1. The Kier molecular flexibility index (Phi) is 4.70. The maximum absolute atomic E-state index is 12.3. The lowest BCUT2D eigenvalue weighted by Crippen LogP contribution is -2.14. The quantitative estimate of drug-likeness (QED) is 0.846. The number of thiocarbonyl (C=S) groups is 1. The fourth-order valence-corrected chi connectivity index (χ4v) is 2.12. The van der Waals surface area contributed by atoms with Crippen LogP contribution in [-0.2, 0) is 0 Å². The molecule has 3 N–H and O–H groups in total. The second-order valence-corrected chi connectivity index (χ2v) is 5.62. The predicted molar refractivity (Wildman–Crippen MR) is 90.8 cm³/mol. The molecule has 2 aromatic rings. The maximum atomic E-state index is 12.3. The Morgan fingerprint density at radius 1 is 1.10 bits per heavy atom. The number of nitrogens with two attached hydrogens (primary N) is 1. The first-order valence-corrected chi connectivity index (χ1v) is 7.19. The number of amides is 1. The van der Waals surface area contributed by atoms with Gasteiger partial charge in [-0.2, -0.15) is 0 Å². The van der Waals surface area contributed by atoms with Crippen LogP contribution in [0.2, 0.25) is 0 Å². The molecule has 0 saturated heterocycles. The molecule has 3 nitrogen and oxygen atoms in total. The van der Waals surface area contributed by atoms with Crippen LogP contribution >= 0.6 is 12.2 Å². The third-order valence-corrected chi connectivity index (χ3v) is 3.46. The van der Waals surface area contributed by atoms with E-state index < -0.39 is 0 Å². The Morgan fingerprint density at radius 3 is 2.43 bits per heavy atom. The van der Waals surface area contributed by atoms with Gasteiger partial charge in [0.25, 0.3) is 5.91 Å². The van der Waals surface area contributed by atoms with Crippen LogP contribution in [0.5, 0.6) is 0 Å². The van der Waals surface area contributed by atoms with Crippen molar-refractivity contribution < 1.29 is 4.79 Å². The molecule has 0 heterocycles. The topological polar surface area (TPSA) is 55.1 Å². The van der Waals surface area contributed by atoms with E-state index in [0.717, 1.165) is 5.69 Å². The molecule has 0 spiro atoms. The highest BCUT2D eigenvalue weighted by Crippen LogP contribution is 2.19. The van der Waals surface area contributed by atoms with Gasteiger partial charge in [-0.05, 0) is 35.7 Å². The zero-order chi connectivity index (χ0) is 15.4. The predicted octanol–water partition coefficient (Wildman–Crippen LogP) is 3.70. The molecular weight excluding hydrogens is 280 g/mol. The van der Waals surface area contributed by atoms with Gasteiger partial charge in [-0.1, -0.05) is 50.3 Å². The fourth-order valence-electron chi connectivity index (χ4n) is 1.99. The van der Waals surface area contributed by atoms with Crippen molar-refractivity contribution in [2.75, 3.05) is 5.32 Å². The summed E-state index contributed by atoms with van der Waals surface area (Å²) in [6.07, 6.45) is 0. The lowest BCUT2D eigenvalue weighted by atomic mass is 10.0. The standard InChI is InChI=1S/C17H18N2OS/c1-11(2)12-5-4-8-15(10-12)19-17(20)14-7-3-6-13(9-14)16(18)21/h3-11H,1-2H3,(H2,18,21)(H,19,20). The highest BCUT2D eigenvalue weighted by molar-refractivity contribution is 7.80. The average Bonchev–Trinajstić information content (AvgIpc) is 2.47. The van der Waals surface area contributed by atoms with E-state index in [4.69, 9.17) is 18.0 Å². The van der Waals surface area contributed by atoms with Crippen LogP contribution in [0.4, 0.5) is 5.69 Å². The molecule has 0 aliphatic heterocycles. The van der Waals surface area contributed by atoms with E-state index in [1.54, 1.807) is 24.3 Å². The summed E-state index contributed by atoms with van der Waals surface area (Å²) in [5.41, 5.74) is 8.78. The minimum absolute atomic E-state index is 0.172. The molecule has 0 saturated carbocycles. The van der Waals surface area contributed by atoms with E-state index in [1.807, 2.05) is 24.3 Å². The maximum Gasteiger partial charge on any atom is 0.255 e. The van der Waals surface area contributed by atoms with Crippen LogP contribution in [0.15, 0.2) is 48.5 Å². The van der Waals surface area contributed by atoms with Crippen molar-refractivity contribution in [2.45, 2.75) is 19.8 Å². The van der Waals surface area contributed by atoms with Gasteiger partial charge < -0.3 is 11.1 Å². The van der Waals surface area contributed by atoms with Gasteiger partial charge in [-0.3, -0.25) is 4.79 Å². The van der Waals surface area contributed by atoms with Gasteiger partial charge in [0.2, 0.25) is 0 Å². The third kappa shape index (κ3) is 3.89. The molecule has 0 fully saturated rings. The summed E-state index contributed by atoms with van der Waals surface area (Å²) in [4.78, 5) is 12.6. The summed E-state index contributed by atoms with van der Waals surface area (Å²) in [6, 6.07) is 14.9. The number of nitrogens with one attached hydrogen (secondary N) is 1. The molecule has 0 bridgehead atoms. The molecule has 0 aliphatic rings. The van der Waals surface area contributed by atoms with E-state index >= 15 is 0 Å². The van der Waals surface area contributed by atoms with Crippen LogP contribution in [0, 0.1) is 0 Å². The first-order valence-electron chi connectivity index (χ1n) is 6.78. The highest BCUT2D eigenvalue weighted by Gasteiger charge is 2.08. The first kappa shape index (κ1) is 15.2. The van der Waals surface area contributed by atoms with Crippen LogP contribution in [-0.4, -0.2) is 10.9 Å². The minimum atomic E-state index is -0.172. The molecule has 0 radical (unpaired) electrons. The van der Waals surface area contributed by atoms with Crippen molar-refractivity contribution in [1.82, 2.24) is 0 Å². The Hall–Kier alpha value is -2.20. The van der Waals surface area contributed by atoms with Gasteiger partial charge in [0, 0.05) is 16.8 Å². The van der Waals surface area contributed by atoms with Crippen molar-refractivity contribution in [3.05, 3.63) is 65.2 Å². The Labute approximate surface area is 130 Å². The summed E-state index contributed by atoms with van der Waals surface area (Å²) < 4.78 is 0. The molecule has 4 heteroatoms. The molecule has 0 aromatic heterocycles. The zero-order valence-corrected chi connectivity index (χ0v) is 12.9. The second kappa shape index (κ2) is 6.50. The largest absolute Gasteiger partial charge is 0.389 e. The molecule has 0 atom stereocenters. The monoisotopic (exact) mass is 298 g/mol. The molecule has 0 aliphatic carbocycles. The number of rotatable bonds is 4. The summed E-state index contributed by atoms with van der Waals surface area (Å²) in [5.74, 6) is 0.244. The van der Waals surface area contributed by atoms with Gasteiger partial charge in [0.15, 0.2) is 0 Å². The van der Waals surface area contributed by atoms with Crippen LogP contribution < -0.4 is 11.1 Å². The molecular formula is C17H18N2OS. The van der Waals surface area contributed by atoms with Gasteiger partial charge in [-0.15, -0.1) is 0 Å². The number of carbonyl (C=O) groups excluding carboxylic acids is 1. The van der Waals surface area contributed by atoms with E-state index in [9.17, 15) is 4.79 Å². The first-order chi connectivity index (χ1) is 9.97. The molecule has 108 valence electrons. The number of hydrogen-bond acceptors (Lipinski definition) is 2. The van der Waals surface area contributed by atoms with E-state index in [2.05, 4.69) is 19.2 Å². The lowest BCUT2D eigenvalue weighted by molar-refractivity contribution is 0.102. The number of benzene rings is 2. The summed E-state index contributed by atoms with van der Waals surface area (Å²) in [6.45, 7) is 4.24. The van der Waals surface area contributed by atoms with Crippen molar-refractivity contribution in [3.63, 3.8) is 0 Å². The third-order valence-electron chi connectivity index (χ3n) is 3.22. The smallest absolute Gasteiger partial charge is 0.255 e. The Morgan fingerprint density at radius 2 is 1.76 bits per heavy atom. The minimum Gasteiger partial charge on any atom is -0.389 e. The molecule has 21 heavy (non-hydrogen) atoms. The number of carbonyl (C=O) groups is 1. The van der Waals surface area contributed by atoms with Gasteiger partial charge in [0.05, 0.1) is 0 Å². The number of hydrogen-bond donors (Lipinski definition) is 2. The fraction of sp³-hybridized carbons (Fsp3) is 0.176. The number of anilines is 1. The van der Waals surface area contributed by atoms with Crippen LogP contribution in [0.1, 0.15) is 41.3 Å². The van der Waals surface area contributed by atoms with Crippen LogP contribution in [0.3, 0.4) is 0 Å². The normalized spacial score (nSPS) is 10.4. The van der Waals surface area contributed by atoms with Gasteiger partial charge in [0.1, 0.15) is 4.99 Å². The molecule has 1 amide bonds. The van der Waals surface area contributed by atoms with E-state index in [-0.39, 0.29) is 10.9 Å². The van der Waals surface area contributed by atoms with Crippen molar-refractivity contribution in [2.24, 2.45) is 5.73 Å².